The zero-order valence-electron chi connectivity index (χ0n) is 15.5. The van der Waals surface area contributed by atoms with E-state index in [1.165, 1.54) is 19.4 Å². The number of carbonyl (C=O) groups is 4. The SMILES string of the molecule is CC(N)C(=O)NCC(=O)NC(Cc1cnc[nH]1)C(=O)NC(C(=O)O)C(C)C. The van der Waals surface area contributed by atoms with Crippen LogP contribution < -0.4 is 21.7 Å². The molecule has 150 valence electrons. The van der Waals surface area contributed by atoms with Gasteiger partial charge in [0.25, 0.3) is 0 Å². The molecular weight excluding hydrogens is 356 g/mol. The third-order valence-corrected chi connectivity index (χ3v) is 3.70. The van der Waals surface area contributed by atoms with E-state index in [1.54, 1.807) is 13.8 Å². The number of nitrogens with two attached hydrogens (primary N) is 1. The van der Waals surface area contributed by atoms with E-state index in [-0.39, 0.29) is 18.9 Å². The predicted octanol–water partition coefficient (Wildman–Crippen LogP) is -1.87. The lowest BCUT2D eigenvalue weighted by Gasteiger charge is -2.23. The number of nitrogens with one attached hydrogen (secondary N) is 4. The van der Waals surface area contributed by atoms with Crippen LogP contribution in [0.2, 0.25) is 0 Å². The summed E-state index contributed by atoms with van der Waals surface area (Å²) in [4.78, 5) is 54.0. The van der Waals surface area contributed by atoms with E-state index in [2.05, 4.69) is 25.9 Å². The number of aromatic nitrogens is 2. The van der Waals surface area contributed by atoms with Crippen LogP contribution in [0.15, 0.2) is 12.5 Å². The molecule has 0 spiro atoms. The van der Waals surface area contributed by atoms with Crippen LogP contribution in [0, 0.1) is 5.92 Å². The molecule has 7 N–H and O–H groups in total. The molecule has 1 aromatic rings. The molecule has 0 aliphatic heterocycles. The highest BCUT2D eigenvalue weighted by atomic mass is 16.4. The van der Waals surface area contributed by atoms with Crippen LogP contribution in [-0.4, -0.2) is 63.4 Å². The summed E-state index contributed by atoms with van der Waals surface area (Å²) < 4.78 is 0. The van der Waals surface area contributed by atoms with Crippen LogP contribution in [0.25, 0.3) is 0 Å². The van der Waals surface area contributed by atoms with Gasteiger partial charge in [-0.05, 0) is 12.8 Å². The highest BCUT2D eigenvalue weighted by molar-refractivity contribution is 5.92. The monoisotopic (exact) mass is 382 g/mol. The molecule has 0 aliphatic rings. The fourth-order valence-electron chi connectivity index (χ4n) is 2.17. The molecule has 3 unspecified atom stereocenters. The van der Waals surface area contributed by atoms with Crippen LogP contribution >= 0.6 is 0 Å². The molecule has 1 heterocycles. The molecule has 0 fully saturated rings. The molecule has 0 radical (unpaired) electrons. The Balaban J connectivity index is 2.80. The molecule has 0 aromatic carbocycles. The number of aromatic amines is 1. The number of carbonyl (C=O) groups excluding carboxylic acids is 3. The van der Waals surface area contributed by atoms with Gasteiger partial charge in [-0.15, -0.1) is 0 Å². The lowest BCUT2D eigenvalue weighted by Crippen LogP contribution is -2.55. The van der Waals surface area contributed by atoms with Crippen molar-refractivity contribution in [3.63, 3.8) is 0 Å². The Morgan fingerprint density at radius 3 is 2.33 bits per heavy atom. The first-order valence-electron chi connectivity index (χ1n) is 8.44. The van der Waals surface area contributed by atoms with E-state index in [4.69, 9.17) is 5.73 Å². The fourth-order valence-corrected chi connectivity index (χ4v) is 2.17. The first kappa shape index (κ1) is 22.1. The molecule has 3 atom stereocenters. The van der Waals surface area contributed by atoms with Gasteiger partial charge in [0.2, 0.25) is 17.7 Å². The van der Waals surface area contributed by atoms with E-state index in [0.717, 1.165) is 0 Å². The van der Waals surface area contributed by atoms with Gasteiger partial charge in [0.1, 0.15) is 12.1 Å². The van der Waals surface area contributed by atoms with Gasteiger partial charge >= 0.3 is 5.97 Å². The summed E-state index contributed by atoms with van der Waals surface area (Å²) in [5.41, 5.74) is 5.97. The zero-order chi connectivity index (χ0) is 20.6. The highest BCUT2D eigenvalue weighted by Gasteiger charge is 2.29. The number of hydrogen-bond acceptors (Lipinski definition) is 6. The van der Waals surface area contributed by atoms with Crippen LogP contribution in [0.5, 0.6) is 0 Å². The van der Waals surface area contributed by atoms with E-state index in [1.807, 2.05) is 0 Å². The second kappa shape index (κ2) is 10.3. The Labute approximate surface area is 156 Å². The summed E-state index contributed by atoms with van der Waals surface area (Å²) in [7, 11) is 0. The van der Waals surface area contributed by atoms with Gasteiger partial charge in [0, 0.05) is 18.3 Å². The minimum Gasteiger partial charge on any atom is -0.480 e. The largest absolute Gasteiger partial charge is 0.480 e. The number of nitrogens with zero attached hydrogens (tertiary/aromatic N) is 1. The van der Waals surface area contributed by atoms with Gasteiger partial charge in [0.15, 0.2) is 0 Å². The van der Waals surface area contributed by atoms with Crippen molar-refractivity contribution in [2.75, 3.05) is 6.54 Å². The minimum atomic E-state index is -1.17. The number of imidazole rings is 1. The molecule has 11 heteroatoms. The average Bonchev–Trinajstić information content (AvgIpc) is 3.08. The Morgan fingerprint density at radius 1 is 1.19 bits per heavy atom. The second-order valence-corrected chi connectivity index (χ2v) is 6.48. The van der Waals surface area contributed by atoms with Crippen molar-refractivity contribution in [3.8, 4) is 0 Å². The number of hydrogen-bond donors (Lipinski definition) is 6. The summed E-state index contributed by atoms with van der Waals surface area (Å²) in [6.45, 7) is 4.43. The van der Waals surface area contributed by atoms with Gasteiger partial charge < -0.3 is 31.8 Å². The third kappa shape index (κ3) is 7.44. The lowest BCUT2D eigenvalue weighted by atomic mass is 10.0. The average molecular weight is 382 g/mol. The molecular formula is C16H26N6O5. The van der Waals surface area contributed by atoms with Crippen molar-refractivity contribution in [2.24, 2.45) is 11.7 Å². The number of rotatable bonds is 10. The fraction of sp³-hybridized carbons (Fsp3) is 0.562. The second-order valence-electron chi connectivity index (χ2n) is 6.48. The zero-order valence-corrected chi connectivity index (χ0v) is 15.5. The molecule has 0 saturated heterocycles. The maximum absolute atomic E-state index is 12.5. The van der Waals surface area contributed by atoms with Gasteiger partial charge in [-0.3, -0.25) is 14.4 Å². The van der Waals surface area contributed by atoms with Crippen LogP contribution in [0.1, 0.15) is 26.5 Å². The molecule has 1 rings (SSSR count). The molecule has 3 amide bonds. The van der Waals surface area contributed by atoms with Crippen LogP contribution in [-0.2, 0) is 25.6 Å². The number of amides is 3. The van der Waals surface area contributed by atoms with E-state index in [0.29, 0.717) is 5.69 Å². The topological polar surface area (TPSA) is 179 Å². The molecule has 0 aliphatic carbocycles. The number of H-pyrrole nitrogens is 1. The van der Waals surface area contributed by atoms with Crippen molar-refractivity contribution in [2.45, 2.75) is 45.3 Å². The number of carboxylic acid groups (broad SMARTS) is 1. The molecule has 1 aromatic heterocycles. The molecule has 27 heavy (non-hydrogen) atoms. The maximum atomic E-state index is 12.5. The first-order chi connectivity index (χ1) is 12.6. The summed E-state index contributed by atoms with van der Waals surface area (Å²) >= 11 is 0. The van der Waals surface area contributed by atoms with E-state index in [9.17, 15) is 24.3 Å². The quantitative estimate of drug-likeness (QED) is 0.274. The summed E-state index contributed by atoms with van der Waals surface area (Å²) in [6, 6.07) is -2.92. The van der Waals surface area contributed by atoms with Gasteiger partial charge in [-0.1, -0.05) is 13.8 Å². The smallest absolute Gasteiger partial charge is 0.326 e. The Bertz CT molecular complexity index is 658. The number of aliphatic carboxylic acids is 1. The van der Waals surface area contributed by atoms with E-state index >= 15 is 0 Å². The number of carboxylic acids is 1. The van der Waals surface area contributed by atoms with Crippen molar-refractivity contribution in [3.05, 3.63) is 18.2 Å². The van der Waals surface area contributed by atoms with Crippen LogP contribution in [0.3, 0.4) is 0 Å². The lowest BCUT2D eigenvalue weighted by molar-refractivity contribution is -0.143. The Kier molecular flexibility index (Phi) is 8.39. The minimum absolute atomic E-state index is 0.0727. The van der Waals surface area contributed by atoms with Crippen molar-refractivity contribution in [1.82, 2.24) is 25.9 Å². The van der Waals surface area contributed by atoms with E-state index < -0.39 is 41.8 Å². The third-order valence-electron chi connectivity index (χ3n) is 3.70. The molecule has 0 bridgehead atoms. The maximum Gasteiger partial charge on any atom is 0.326 e. The summed E-state index contributed by atoms with van der Waals surface area (Å²) in [6.07, 6.45) is 2.98. The van der Waals surface area contributed by atoms with Crippen molar-refractivity contribution < 1.29 is 24.3 Å². The van der Waals surface area contributed by atoms with Gasteiger partial charge in [-0.2, -0.15) is 0 Å². The van der Waals surface area contributed by atoms with Crippen molar-refractivity contribution in [1.29, 1.82) is 0 Å². The van der Waals surface area contributed by atoms with Crippen molar-refractivity contribution >= 4 is 23.7 Å². The van der Waals surface area contributed by atoms with Gasteiger partial charge in [-0.25, -0.2) is 9.78 Å². The standard InChI is InChI=1S/C16H26N6O5/c1-8(2)13(16(26)27)22-15(25)11(4-10-5-18-7-20-10)21-12(23)6-19-14(24)9(3)17/h5,7-9,11,13H,4,6,17H2,1-3H3,(H,18,20)(H,19,24)(H,21,23)(H,22,25)(H,26,27). The Hall–Kier alpha value is -2.95. The summed E-state index contributed by atoms with van der Waals surface area (Å²) in [5.74, 6) is -3.29. The normalized spacial score (nSPS) is 14.1. The highest BCUT2D eigenvalue weighted by Crippen LogP contribution is 2.04. The van der Waals surface area contributed by atoms with Gasteiger partial charge in [0.05, 0.1) is 18.9 Å². The molecule has 11 nitrogen and oxygen atoms in total. The Morgan fingerprint density at radius 2 is 1.85 bits per heavy atom. The molecule has 0 saturated carbocycles. The summed E-state index contributed by atoms with van der Waals surface area (Å²) in [5, 5.41) is 16.5. The first-order valence-corrected chi connectivity index (χ1v) is 8.44. The predicted molar refractivity (Wildman–Crippen MR) is 95.3 cm³/mol. The van der Waals surface area contributed by atoms with Crippen LogP contribution in [0.4, 0.5) is 0 Å².